The minimum Gasteiger partial charge on any atom is -0.368 e. The Morgan fingerprint density at radius 2 is 2.40 bits per heavy atom. The van der Waals surface area contributed by atoms with E-state index in [9.17, 15) is 4.79 Å². The lowest BCUT2D eigenvalue weighted by molar-refractivity contribution is 0.0831. The summed E-state index contributed by atoms with van der Waals surface area (Å²) in [5.41, 5.74) is 1.45. The first kappa shape index (κ1) is 11.7. The van der Waals surface area contributed by atoms with Crippen molar-refractivity contribution in [1.82, 2.24) is 0 Å². The van der Waals surface area contributed by atoms with Crippen molar-refractivity contribution in [3.8, 4) is 0 Å². The van der Waals surface area contributed by atoms with Crippen molar-refractivity contribution in [2.24, 2.45) is 5.92 Å². The molecule has 0 N–H and O–H groups in total. The highest BCUT2D eigenvalue weighted by Crippen LogP contribution is 2.21. The van der Waals surface area contributed by atoms with Crippen LogP contribution in [0.2, 0.25) is 0 Å². The van der Waals surface area contributed by atoms with Crippen LogP contribution in [0.1, 0.15) is 13.8 Å². The summed E-state index contributed by atoms with van der Waals surface area (Å²) >= 11 is 0. The Morgan fingerprint density at radius 3 is 2.93 bits per heavy atom. The molecule has 0 saturated carbocycles. The number of allylic oxidation sites excluding steroid dienone is 2. The zero-order chi connectivity index (χ0) is 11.3. The molecule has 0 spiro atoms. The SMILES string of the molecule is C=CC1=CC=CC(=C=O)C1OCC(C)C. The monoisotopic (exact) mass is 204 g/mol. The zero-order valence-corrected chi connectivity index (χ0v) is 9.19. The highest BCUT2D eigenvalue weighted by atomic mass is 16.5. The molecular formula is C13H16O2. The Morgan fingerprint density at radius 1 is 1.67 bits per heavy atom. The van der Waals surface area contributed by atoms with Gasteiger partial charge in [-0.3, -0.25) is 0 Å². The third-order valence-electron chi connectivity index (χ3n) is 2.10. The minimum atomic E-state index is -0.299. The molecule has 2 nitrogen and oxygen atoms in total. The van der Waals surface area contributed by atoms with Gasteiger partial charge in [0.05, 0.1) is 12.2 Å². The normalized spacial score (nSPS) is 20.1. The van der Waals surface area contributed by atoms with E-state index in [2.05, 4.69) is 20.4 Å². The van der Waals surface area contributed by atoms with Gasteiger partial charge in [-0.15, -0.1) is 0 Å². The van der Waals surface area contributed by atoms with Crippen molar-refractivity contribution in [3.63, 3.8) is 0 Å². The molecule has 1 aliphatic carbocycles. The van der Waals surface area contributed by atoms with Gasteiger partial charge in [-0.25, -0.2) is 4.79 Å². The Kier molecular flexibility index (Phi) is 4.29. The first-order valence-electron chi connectivity index (χ1n) is 5.06. The summed E-state index contributed by atoms with van der Waals surface area (Å²) in [6, 6.07) is 0. The van der Waals surface area contributed by atoms with Crippen LogP contribution < -0.4 is 0 Å². The fourth-order valence-electron chi connectivity index (χ4n) is 1.35. The van der Waals surface area contributed by atoms with Crippen molar-refractivity contribution in [2.75, 3.05) is 6.61 Å². The van der Waals surface area contributed by atoms with E-state index in [-0.39, 0.29) is 6.10 Å². The number of hydrogen-bond donors (Lipinski definition) is 0. The highest BCUT2D eigenvalue weighted by Gasteiger charge is 2.19. The molecule has 0 bridgehead atoms. The Balaban J connectivity index is 2.80. The smallest absolute Gasteiger partial charge is 0.131 e. The van der Waals surface area contributed by atoms with Gasteiger partial charge < -0.3 is 4.74 Å². The van der Waals surface area contributed by atoms with Gasteiger partial charge in [0.25, 0.3) is 0 Å². The summed E-state index contributed by atoms with van der Waals surface area (Å²) in [7, 11) is 0. The van der Waals surface area contributed by atoms with E-state index in [4.69, 9.17) is 4.74 Å². The molecule has 0 fully saturated rings. The van der Waals surface area contributed by atoms with E-state index < -0.39 is 0 Å². The molecule has 0 aromatic rings. The molecule has 2 heteroatoms. The molecule has 80 valence electrons. The topological polar surface area (TPSA) is 26.3 Å². The van der Waals surface area contributed by atoms with Crippen LogP contribution in [0.25, 0.3) is 0 Å². The first-order chi connectivity index (χ1) is 7.19. The van der Waals surface area contributed by atoms with Crippen LogP contribution in [-0.4, -0.2) is 18.7 Å². The zero-order valence-electron chi connectivity index (χ0n) is 9.19. The Bertz CT molecular complexity index is 342. The van der Waals surface area contributed by atoms with Crippen LogP contribution >= 0.6 is 0 Å². The summed E-state index contributed by atoms with van der Waals surface area (Å²) in [6.45, 7) is 8.46. The van der Waals surface area contributed by atoms with Gasteiger partial charge in [0.2, 0.25) is 0 Å². The summed E-state index contributed by atoms with van der Waals surface area (Å²) < 4.78 is 5.66. The predicted molar refractivity (Wildman–Crippen MR) is 61.2 cm³/mol. The van der Waals surface area contributed by atoms with Gasteiger partial charge in [0, 0.05) is 0 Å². The second-order valence-corrected chi connectivity index (χ2v) is 3.89. The molecule has 0 amide bonds. The van der Waals surface area contributed by atoms with E-state index in [0.717, 1.165) is 5.57 Å². The number of rotatable bonds is 4. The van der Waals surface area contributed by atoms with Crippen LogP contribution in [0.3, 0.4) is 0 Å². The quantitative estimate of drug-likeness (QED) is 0.657. The van der Waals surface area contributed by atoms with Crippen LogP contribution in [0.4, 0.5) is 0 Å². The molecule has 1 rings (SSSR count). The summed E-state index contributed by atoms with van der Waals surface area (Å²) in [6.07, 6.45) is 6.86. The third kappa shape index (κ3) is 3.05. The largest absolute Gasteiger partial charge is 0.368 e. The molecule has 0 aromatic carbocycles. The lowest BCUT2D eigenvalue weighted by atomic mass is 9.97. The molecule has 0 radical (unpaired) electrons. The van der Waals surface area contributed by atoms with Crippen molar-refractivity contribution >= 4 is 5.94 Å². The van der Waals surface area contributed by atoms with Crippen molar-refractivity contribution in [3.05, 3.63) is 42.0 Å². The van der Waals surface area contributed by atoms with Crippen LogP contribution in [0.5, 0.6) is 0 Å². The van der Waals surface area contributed by atoms with E-state index >= 15 is 0 Å². The first-order valence-corrected chi connectivity index (χ1v) is 5.06. The van der Waals surface area contributed by atoms with Gasteiger partial charge in [-0.1, -0.05) is 38.7 Å². The van der Waals surface area contributed by atoms with E-state index in [0.29, 0.717) is 18.1 Å². The fraction of sp³-hybridized carbons (Fsp3) is 0.385. The Labute approximate surface area is 90.6 Å². The number of hydrogen-bond acceptors (Lipinski definition) is 2. The lowest BCUT2D eigenvalue weighted by Gasteiger charge is -2.21. The molecule has 0 saturated heterocycles. The maximum Gasteiger partial charge on any atom is 0.131 e. The molecule has 1 unspecified atom stereocenters. The molecule has 1 aliphatic rings. The van der Waals surface area contributed by atoms with Crippen molar-refractivity contribution < 1.29 is 9.53 Å². The average molecular weight is 204 g/mol. The van der Waals surface area contributed by atoms with Gasteiger partial charge >= 0.3 is 0 Å². The summed E-state index contributed by atoms with van der Waals surface area (Å²) in [5.74, 6) is 2.35. The van der Waals surface area contributed by atoms with Gasteiger partial charge in [0.1, 0.15) is 12.0 Å². The minimum absolute atomic E-state index is 0.299. The van der Waals surface area contributed by atoms with E-state index in [1.807, 2.05) is 18.1 Å². The van der Waals surface area contributed by atoms with Crippen LogP contribution in [0.15, 0.2) is 42.0 Å². The maximum atomic E-state index is 10.7. The predicted octanol–water partition coefficient (Wildman–Crippen LogP) is 2.47. The lowest BCUT2D eigenvalue weighted by Crippen LogP contribution is -2.21. The molecule has 0 heterocycles. The highest BCUT2D eigenvalue weighted by molar-refractivity contribution is 5.63. The fourth-order valence-corrected chi connectivity index (χ4v) is 1.35. The number of carbonyl (C=O) groups excluding carboxylic acids is 1. The van der Waals surface area contributed by atoms with Gasteiger partial charge in [0.15, 0.2) is 0 Å². The van der Waals surface area contributed by atoms with E-state index in [1.165, 1.54) is 0 Å². The summed E-state index contributed by atoms with van der Waals surface area (Å²) in [4.78, 5) is 10.7. The Hall–Kier alpha value is -1.37. The third-order valence-corrected chi connectivity index (χ3v) is 2.10. The molecule has 0 aliphatic heterocycles. The molecule has 15 heavy (non-hydrogen) atoms. The second kappa shape index (κ2) is 5.50. The number of ether oxygens (including phenoxy) is 1. The van der Waals surface area contributed by atoms with Crippen LogP contribution in [0, 0.1) is 5.92 Å². The van der Waals surface area contributed by atoms with E-state index in [1.54, 1.807) is 12.2 Å². The second-order valence-electron chi connectivity index (χ2n) is 3.89. The molecular weight excluding hydrogens is 188 g/mol. The van der Waals surface area contributed by atoms with Crippen molar-refractivity contribution in [2.45, 2.75) is 20.0 Å². The molecule has 0 aromatic heterocycles. The van der Waals surface area contributed by atoms with Crippen LogP contribution in [-0.2, 0) is 9.53 Å². The van der Waals surface area contributed by atoms with Crippen molar-refractivity contribution in [1.29, 1.82) is 0 Å². The van der Waals surface area contributed by atoms with Gasteiger partial charge in [-0.2, -0.15) is 0 Å². The van der Waals surface area contributed by atoms with Gasteiger partial charge in [-0.05, 0) is 17.6 Å². The average Bonchev–Trinajstić information content (AvgIpc) is 2.25. The standard InChI is InChI=1S/C13H16O2/c1-4-11-6-5-7-12(8-14)13(11)15-9-10(2)3/h4-7,10,13H,1,9H2,2-3H3. The maximum absolute atomic E-state index is 10.7. The molecule has 1 atom stereocenters. The summed E-state index contributed by atoms with van der Waals surface area (Å²) in [5, 5.41) is 0.